The van der Waals surface area contributed by atoms with Gasteiger partial charge >= 0.3 is 5.97 Å². The molecule has 2 rings (SSSR count). The molecule has 0 saturated heterocycles. The quantitative estimate of drug-likeness (QED) is 0.333. The van der Waals surface area contributed by atoms with Crippen molar-refractivity contribution in [3.8, 4) is 0 Å². The van der Waals surface area contributed by atoms with Gasteiger partial charge in [-0.05, 0) is 58.4 Å². The van der Waals surface area contributed by atoms with Crippen molar-refractivity contribution in [3.05, 3.63) is 53.6 Å². The van der Waals surface area contributed by atoms with Crippen molar-refractivity contribution >= 4 is 17.8 Å². The maximum atomic E-state index is 11.1. The number of hydrogen-bond donors (Lipinski definition) is 0. The van der Waals surface area contributed by atoms with Gasteiger partial charge in [0.05, 0.1) is 6.10 Å². The number of hydrogen-bond acceptors (Lipinski definition) is 3. The maximum Gasteiger partial charge on any atom is 0.306 e. The molecule has 148 valence electrons. The first kappa shape index (κ1) is 22.9. The van der Waals surface area contributed by atoms with E-state index in [1.165, 1.54) is 11.1 Å². The average Bonchev–Trinajstić information content (AvgIpc) is 3.04. The van der Waals surface area contributed by atoms with Gasteiger partial charge in [0.25, 0.3) is 0 Å². The zero-order chi connectivity index (χ0) is 20.1. The molecule has 27 heavy (non-hydrogen) atoms. The number of carbonyl (C=O) groups is 2. The molecule has 0 heterocycles. The fourth-order valence-corrected chi connectivity index (χ4v) is 2.78. The predicted molar refractivity (Wildman–Crippen MR) is 112 cm³/mol. The van der Waals surface area contributed by atoms with E-state index in [0.717, 1.165) is 32.1 Å². The molecule has 3 nitrogen and oxygen atoms in total. The SMILES string of the molecule is C/C=C\CCCC(=O)OC(C)C.Cc1ccc(/C=C/C2CCC(=O)C2)cc1. The number of ether oxygens (including phenoxy) is 1. The largest absolute Gasteiger partial charge is 0.463 e. The Morgan fingerprint density at radius 1 is 1.26 bits per heavy atom. The Hall–Kier alpha value is -2.16. The molecule has 1 unspecified atom stereocenters. The van der Waals surface area contributed by atoms with E-state index >= 15 is 0 Å². The van der Waals surface area contributed by atoms with Crippen LogP contribution in [-0.4, -0.2) is 17.9 Å². The molecule has 0 spiro atoms. The number of carbonyl (C=O) groups excluding carboxylic acids is 2. The van der Waals surface area contributed by atoms with Crippen molar-refractivity contribution < 1.29 is 14.3 Å². The van der Waals surface area contributed by atoms with Crippen LogP contribution < -0.4 is 0 Å². The highest BCUT2D eigenvalue weighted by atomic mass is 16.5. The molecule has 1 aliphatic carbocycles. The van der Waals surface area contributed by atoms with Crippen LogP contribution in [0.25, 0.3) is 6.08 Å². The number of aryl methyl sites for hydroxylation is 1. The fraction of sp³-hybridized carbons (Fsp3) is 0.500. The molecule has 0 aliphatic heterocycles. The second-order valence-electron chi connectivity index (χ2n) is 7.31. The van der Waals surface area contributed by atoms with Gasteiger partial charge < -0.3 is 4.74 Å². The highest BCUT2D eigenvalue weighted by Gasteiger charge is 2.19. The van der Waals surface area contributed by atoms with Gasteiger partial charge in [-0.2, -0.15) is 0 Å². The fourth-order valence-electron chi connectivity index (χ4n) is 2.78. The van der Waals surface area contributed by atoms with Crippen LogP contribution in [0.1, 0.15) is 70.4 Å². The van der Waals surface area contributed by atoms with Gasteiger partial charge in [-0.1, -0.05) is 54.1 Å². The standard InChI is InChI=1S/C14H16O.C10H18O2/c1-11-2-4-12(5-3-11)6-7-13-8-9-14(15)10-13;1-4-5-6-7-8-10(11)12-9(2)3/h2-7,13H,8-10H2,1H3;4-5,9H,6-8H2,1-3H3/b7-6+;5-4-. The number of Topliss-reactive ketones (excluding diaryl/α,β-unsaturated/α-hetero) is 1. The van der Waals surface area contributed by atoms with Crippen LogP contribution in [0.3, 0.4) is 0 Å². The van der Waals surface area contributed by atoms with Crippen LogP contribution in [0, 0.1) is 12.8 Å². The number of allylic oxidation sites excluding steroid dienone is 3. The predicted octanol–water partition coefficient (Wildman–Crippen LogP) is 6.06. The van der Waals surface area contributed by atoms with Gasteiger partial charge in [-0.25, -0.2) is 0 Å². The van der Waals surface area contributed by atoms with Gasteiger partial charge in [-0.15, -0.1) is 0 Å². The van der Waals surface area contributed by atoms with Crippen molar-refractivity contribution in [1.82, 2.24) is 0 Å². The third-order valence-corrected chi connectivity index (χ3v) is 4.28. The molecule has 0 bridgehead atoms. The van der Waals surface area contributed by atoms with Gasteiger partial charge in [0.15, 0.2) is 0 Å². The van der Waals surface area contributed by atoms with Gasteiger partial charge in [0.1, 0.15) is 5.78 Å². The minimum Gasteiger partial charge on any atom is -0.463 e. The molecule has 0 aromatic heterocycles. The van der Waals surface area contributed by atoms with Crippen molar-refractivity contribution in [2.75, 3.05) is 0 Å². The molecular formula is C24H34O3. The molecule has 0 amide bonds. The van der Waals surface area contributed by atoms with E-state index in [2.05, 4.69) is 49.4 Å². The molecule has 1 aromatic rings. The number of rotatable bonds is 7. The molecule has 1 aromatic carbocycles. The summed E-state index contributed by atoms with van der Waals surface area (Å²) in [4.78, 5) is 22.0. The lowest BCUT2D eigenvalue weighted by molar-refractivity contribution is -0.147. The Balaban J connectivity index is 0.000000279. The molecular weight excluding hydrogens is 336 g/mol. The zero-order valence-corrected chi connectivity index (χ0v) is 17.2. The second-order valence-corrected chi connectivity index (χ2v) is 7.31. The first-order valence-electron chi connectivity index (χ1n) is 9.98. The maximum absolute atomic E-state index is 11.1. The lowest BCUT2D eigenvalue weighted by Gasteiger charge is -2.06. The summed E-state index contributed by atoms with van der Waals surface area (Å²) in [5.41, 5.74) is 2.50. The Bertz CT molecular complexity index is 624. The molecule has 0 N–H and O–H groups in total. The monoisotopic (exact) mass is 370 g/mol. The molecule has 1 atom stereocenters. The number of unbranched alkanes of at least 4 members (excludes halogenated alkanes) is 1. The van der Waals surface area contributed by atoms with E-state index in [0.29, 0.717) is 18.1 Å². The smallest absolute Gasteiger partial charge is 0.306 e. The van der Waals surface area contributed by atoms with Crippen LogP contribution in [0.5, 0.6) is 0 Å². The second kappa shape index (κ2) is 13.1. The van der Waals surface area contributed by atoms with Crippen LogP contribution in [0.4, 0.5) is 0 Å². The highest BCUT2D eigenvalue weighted by molar-refractivity contribution is 5.81. The minimum absolute atomic E-state index is 0.0132. The first-order chi connectivity index (χ1) is 12.9. The minimum atomic E-state index is -0.0884. The summed E-state index contributed by atoms with van der Waals surface area (Å²) in [6.07, 6.45) is 13.3. The highest BCUT2D eigenvalue weighted by Crippen LogP contribution is 2.23. The normalized spacial score (nSPS) is 16.8. The summed E-state index contributed by atoms with van der Waals surface area (Å²) in [5.74, 6) is 0.793. The summed E-state index contributed by atoms with van der Waals surface area (Å²) in [6.45, 7) is 7.79. The summed E-state index contributed by atoms with van der Waals surface area (Å²) >= 11 is 0. The lowest BCUT2D eigenvalue weighted by Crippen LogP contribution is -2.10. The number of ketones is 1. The summed E-state index contributed by atoms with van der Waals surface area (Å²) in [6, 6.07) is 8.45. The van der Waals surface area contributed by atoms with E-state index in [4.69, 9.17) is 4.74 Å². The van der Waals surface area contributed by atoms with E-state index in [1.54, 1.807) is 0 Å². The van der Waals surface area contributed by atoms with E-state index in [1.807, 2.05) is 26.8 Å². The van der Waals surface area contributed by atoms with Crippen molar-refractivity contribution in [3.63, 3.8) is 0 Å². The van der Waals surface area contributed by atoms with Gasteiger partial charge in [0, 0.05) is 19.3 Å². The molecule has 3 heteroatoms. The molecule has 1 fully saturated rings. The molecule has 0 radical (unpaired) electrons. The average molecular weight is 371 g/mol. The molecule has 1 saturated carbocycles. The van der Waals surface area contributed by atoms with E-state index in [-0.39, 0.29) is 12.1 Å². The Labute approximate surface area is 164 Å². The van der Waals surface area contributed by atoms with Gasteiger partial charge in [-0.3, -0.25) is 9.59 Å². The van der Waals surface area contributed by atoms with E-state index < -0.39 is 0 Å². The van der Waals surface area contributed by atoms with E-state index in [9.17, 15) is 9.59 Å². The van der Waals surface area contributed by atoms with Crippen molar-refractivity contribution in [1.29, 1.82) is 0 Å². The van der Waals surface area contributed by atoms with Crippen molar-refractivity contribution in [2.45, 2.75) is 72.3 Å². The van der Waals surface area contributed by atoms with Crippen LogP contribution in [-0.2, 0) is 14.3 Å². The number of benzene rings is 1. The topological polar surface area (TPSA) is 43.4 Å². The molecule has 1 aliphatic rings. The van der Waals surface area contributed by atoms with Crippen LogP contribution in [0.15, 0.2) is 42.5 Å². The van der Waals surface area contributed by atoms with Crippen LogP contribution >= 0.6 is 0 Å². The Kier molecular flexibility index (Phi) is 11.1. The van der Waals surface area contributed by atoms with Gasteiger partial charge in [0.2, 0.25) is 0 Å². The lowest BCUT2D eigenvalue weighted by atomic mass is 10.1. The Morgan fingerprint density at radius 2 is 1.96 bits per heavy atom. The summed E-state index contributed by atoms with van der Waals surface area (Å²) in [7, 11) is 0. The summed E-state index contributed by atoms with van der Waals surface area (Å²) < 4.78 is 4.97. The third kappa shape index (κ3) is 11.2. The summed E-state index contributed by atoms with van der Waals surface area (Å²) in [5, 5.41) is 0. The van der Waals surface area contributed by atoms with Crippen LogP contribution in [0.2, 0.25) is 0 Å². The Morgan fingerprint density at radius 3 is 2.52 bits per heavy atom. The van der Waals surface area contributed by atoms with Crippen molar-refractivity contribution in [2.24, 2.45) is 5.92 Å². The first-order valence-corrected chi connectivity index (χ1v) is 9.98. The third-order valence-electron chi connectivity index (χ3n) is 4.28. The number of esters is 1. The zero-order valence-electron chi connectivity index (χ0n) is 17.2.